The summed E-state index contributed by atoms with van der Waals surface area (Å²) in [6.07, 6.45) is 0. The predicted molar refractivity (Wildman–Crippen MR) is 68.5 cm³/mol. The van der Waals surface area contributed by atoms with Crippen molar-refractivity contribution in [3.8, 4) is 0 Å². The molecule has 0 aliphatic carbocycles. The van der Waals surface area contributed by atoms with E-state index in [2.05, 4.69) is 10.1 Å². The fourth-order valence-corrected chi connectivity index (χ4v) is 2.37. The lowest BCUT2D eigenvalue weighted by Crippen LogP contribution is -2.36. The summed E-state index contributed by atoms with van der Waals surface area (Å²) in [6, 6.07) is 5.76. The van der Waals surface area contributed by atoms with Crippen molar-refractivity contribution in [3.05, 3.63) is 29.8 Å². The van der Waals surface area contributed by atoms with Gasteiger partial charge in [0.15, 0.2) is 0 Å². The molecule has 0 unspecified atom stereocenters. The molecule has 0 aliphatic heterocycles. The van der Waals surface area contributed by atoms with Crippen molar-refractivity contribution < 1.29 is 13.2 Å². The second kappa shape index (κ2) is 5.94. The maximum Gasteiger partial charge on any atom is 0.265 e. The van der Waals surface area contributed by atoms with Gasteiger partial charge in [0.25, 0.3) is 5.91 Å². The Balaban J connectivity index is 2.90. The van der Waals surface area contributed by atoms with Crippen molar-refractivity contribution in [2.75, 3.05) is 20.6 Å². The molecule has 0 bridgehead atoms. The number of nitrogens with zero attached hydrogens (tertiary/aromatic N) is 1. The molecule has 1 rings (SSSR count). The molecule has 1 aromatic carbocycles. The van der Waals surface area contributed by atoms with Crippen LogP contribution in [0.15, 0.2) is 29.2 Å². The summed E-state index contributed by atoms with van der Waals surface area (Å²) in [5.74, 6) is -0.285. The Kier molecular flexibility index (Phi) is 4.83. The molecule has 6 nitrogen and oxygen atoms in total. The van der Waals surface area contributed by atoms with Gasteiger partial charge >= 0.3 is 0 Å². The highest BCUT2D eigenvalue weighted by Crippen LogP contribution is 2.10. The highest BCUT2D eigenvalue weighted by Gasteiger charge is 2.13. The lowest BCUT2D eigenvalue weighted by Gasteiger charge is -2.12. The minimum absolute atomic E-state index is 0.144. The third-order valence-corrected chi connectivity index (χ3v) is 3.65. The number of sulfonamides is 1. The highest BCUT2D eigenvalue weighted by atomic mass is 32.2. The molecule has 0 radical (unpaired) electrons. The van der Waals surface area contributed by atoms with Crippen molar-refractivity contribution in [3.63, 3.8) is 0 Å². The predicted octanol–water partition coefficient (Wildman–Crippen LogP) is 0.191. The number of hydrogen-bond acceptors (Lipinski definition) is 4. The van der Waals surface area contributed by atoms with Gasteiger partial charge in [0.1, 0.15) is 0 Å². The number of carbonyl (C=O) groups is 1. The lowest BCUT2D eigenvalue weighted by molar-refractivity contribution is 0.0857. The van der Waals surface area contributed by atoms with Gasteiger partial charge in [0.05, 0.1) is 4.90 Å². The summed E-state index contributed by atoms with van der Waals surface area (Å²) in [5.41, 5.74) is 2.97. The minimum Gasteiger partial charge on any atom is -0.285 e. The standard InChI is InChI=1S/C11H17N3O3S/c1-4-12-18(16,17)10-7-5-9(6-8-10)11(15)13-14(2)3/h5-8,12H,4H2,1-3H3,(H,13,15). The molecule has 1 amide bonds. The number of benzene rings is 1. The summed E-state index contributed by atoms with van der Waals surface area (Å²) in [5, 5.41) is 1.52. The van der Waals surface area contributed by atoms with Crippen LogP contribution in [0.5, 0.6) is 0 Å². The molecule has 0 atom stereocenters. The largest absolute Gasteiger partial charge is 0.285 e. The zero-order valence-electron chi connectivity index (χ0n) is 10.6. The first kappa shape index (κ1) is 14.6. The van der Waals surface area contributed by atoms with Gasteiger partial charge < -0.3 is 0 Å². The van der Waals surface area contributed by atoms with Gasteiger partial charge in [-0.1, -0.05) is 6.92 Å². The van der Waals surface area contributed by atoms with Crippen LogP contribution in [0.3, 0.4) is 0 Å². The summed E-state index contributed by atoms with van der Waals surface area (Å²) in [7, 11) is -0.0753. The van der Waals surface area contributed by atoms with Crippen molar-refractivity contribution in [1.82, 2.24) is 15.2 Å². The number of hydrazine groups is 1. The number of hydrogen-bond donors (Lipinski definition) is 2. The fourth-order valence-electron chi connectivity index (χ4n) is 1.33. The second-order valence-corrected chi connectivity index (χ2v) is 5.63. The molecule has 7 heteroatoms. The van der Waals surface area contributed by atoms with E-state index < -0.39 is 10.0 Å². The van der Waals surface area contributed by atoms with Crippen LogP contribution in [0.1, 0.15) is 17.3 Å². The third-order valence-electron chi connectivity index (χ3n) is 2.09. The Bertz CT molecular complexity index is 509. The smallest absolute Gasteiger partial charge is 0.265 e. The van der Waals surface area contributed by atoms with Crippen LogP contribution in [0.2, 0.25) is 0 Å². The van der Waals surface area contributed by atoms with Crippen LogP contribution in [0, 0.1) is 0 Å². The Hall–Kier alpha value is -1.44. The molecule has 1 aromatic rings. The topological polar surface area (TPSA) is 78.5 Å². The Morgan fingerprint density at radius 2 is 1.78 bits per heavy atom. The molecule has 0 heterocycles. The van der Waals surface area contributed by atoms with E-state index in [1.54, 1.807) is 21.0 Å². The molecule has 100 valence electrons. The minimum atomic E-state index is -3.47. The van der Waals surface area contributed by atoms with Gasteiger partial charge in [-0.25, -0.2) is 18.1 Å². The van der Waals surface area contributed by atoms with Crippen LogP contribution in [-0.2, 0) is 10.0 Å². The van der Waals surface area contributed by atoms with Crippen LogP contribution < -0.4 is 10.1 Å². The summed E-state index contributed by atoms with van der Waals surface area (Å²) in [4.78, 5) is 11.8. The molecular weight excluding hydrogens is 254 g/mol. The van der Waals surface area contributed by atoms with E-state index in [1.165, 1.54) is 29.3 Å². The monoisotopic (exact) mass is 271 g/mol. The Morgan fingerprint density at radius 1 is 1.22 bits per heavy atom. The van der Waals surface area contributed by atoms with Gasteiger partial charge in [-0.05, 0) is 24.3 Å². The van der Waals surface area contributed by atoms with Gasteiger partial charge in [0.2, 0.25) is 10.0 Å². The van der Waals surface area contributed by atoms with Crippen LogP contribution in [0.4, 0.5) is 0 Å². The Morgan fingerprint density at radius 3 is 2.22 bits per heavy atom. The maximum absolute atomic E-state index is 11.7. The zero-order valence-corrected chi connectivity index (χ0v) is 11.4. The van der Waals surface area contributed by atoms with E-state index in [-0.39, 0.29) is 10.8 Å². The summed E-state index contributed by atoms with van der Waals surface area (Å²) in [6.45, 7) is 2.03. The molecule has 0 saturated carbocycles. The second-order valence-electron chi connectivity index (χ2n) is 3.86. The van der Waals surface area contributed by atoms with Gasteiger partial charge in [-0.2, -0.15) is 0 Å². The number of rotatable bonds is 5. The van der Waals surface area contributed by atoms with E-state index in [0.29, 0.717) is 12.1 Å². The molecule has 0 aromatic heterocycles. The van der Waals surface area contributed by atoms with Crippen molar-refractivity contribution in [2.24, 2.45) is 0 Å². The summed E-state index contributed by atoms with van der Waals surface area (Å²) < 4.78 is 25.7. The van der Waals surface area contributed by atoms with E-state index in [1.807, 2.05) is 0 Å². The Labute approximate surface area is 107 Å². The first-order valence-corrected chi connectivity index (χ1v) is 6.93. The SMILES string of the molecule is CCNS(=O)(=O)c1ccc(C(=O)NN(C)C)cc1. The van der Waals surface area contributed by atoms with Crippen molar-refractivity contribution in [1.29, 1.82) is 0 Å². The van der Waals surface area contributed by atoms with Crippen LogP contribution in [-0.4, -0.2) is 40.0 Å². The van der Waals surface area contributed by atoms with Crippen LogP contribution >= 0.6 is 0 Å². The molecule has 0 aliphatic rings. The highest BCUT2D eigenvalue weighted by molar-refractivity contribution is 7.89. The molecule has 18 heavy (non-hydrogen) atoms. The van der Waals surface area contributed by atoms with Crippen molar-refractivity contribution >= 4 is 15.9 Å². The fraction of sp³-hybridized carbons (Fsp3) is 0.364. The molecule has 2 N–H and O–H groups in total. The molecule has 0 spiro atoms. The first-order chi connectivity index (χ1) is 8.36. The average molecular weight is 271 g/mol. The zero-order chi connectivity index (χ0) is 13.8. The number of nitrogens with one attached hydrogen (secondary N) is 2. The normalized spacial score (nSPS) is 11.6. The quantitative estimate of drug-likeness (QED) is 0.749. The third kappa shape index (κ3) is 3.80. The molecule has 0 saturated heterocycles. The van der Waals surface area contributed by atoms with Gasteiger partial charge in [-0.15, -0.1) is 0 Å². The van der Waals surface area contributed by atoms with Gasteiger partial charge in [-0.3, -0.25) is 10.2 Å². The van der Waals surface area contributed by atoms with Crippen molar-refractivity contribution in [2.45, 2.75) is 11.8 Å². The average Bonchev–Trinajstić information content (AvgIpc) is 2.28. The molecule has 0 fully saturated rings. The molecular formula is C11H17N3O3S. The maximum atomic E-state index is 11.7. The van der Waals surface area contributed by atoms with Crippen LogP contribution in [0.25, 0.3) is 0 Å². The number of carbonyl (C=O) groups excluding carboxylic acids is 1. The van der Waals surface area contributed by atoms with E-state index in [9.17, 15) is 13.2 Å². The van der Waals surface area contributed by atoms with E-state index >= 15 is 0 Å². The van der Waals surface area contributed by atoms with E-state index in [4.69, 9.17) is 0 Å². The summed E-state index contributed by atoms with van der Waals surface area (Å²) >= 11 is 0. The van der Waals surface area contributed by atoms with Gasteiger partial charge in [0, 0.05) is 26.2 Å². The number of amides is 1. The lowest BCUT2D eigenvalue weighted by atomic mass is 10.2. The first-order valence-electron chi connectivity index (χ1n) is 5.45. The van der Waals surface area contributed by atoms with E-state index in [0.717, 1.165) is 0 Å².